The molecule has 1 aromatic heterocycles. The van der Waals surface area contributed by atoms with Crippen LogP contribution in [0.5, 0.6) is 0 Å². The molecule has 1 N–H and O–H groups in total. The van der Waals surface area contributed by atoms with Gasteiger partial charge in [-0.25, -0.2) is 0 Å². The summed E-state index contributed by atoms with van der Waals surface area (Å²) in [7, 11) is 0. The van der Waals surface area contributed by atoms with Gasteiger partial charge in [0.1, 0.15) is 5.69 Å². The molecule has 0 radical (unpaired) electrons. The number of halogens is 1. The summed E-state index contributed by atoms with van der Waals surface area (Å²) in [4.78, 5) is 11.6. The van der Waals surface area contributed by atoms with E-state index in [1.54, 1.807) is 0 Å². The van der Waals surface area contributed by atoms with Crippen molar-refractivity contribution in [1.82, 2.24) is 10.2 Å². The zero-order valence-corrected chi connectivity index (χ0v) is 12.9. The van der Waals surface area contributed by atoms with E-state index in [1.807, 2.05) is 48.5 Å². The van der Waals surface area contributed by atoms with Crippen LogP contribution in [0.1, 0.15) is 6.92 Å². The molecule has 0 spiro atoms. The maximum atomic E-state index is 11.6. The maximum Gasteiger partial charge on any atom is 0.221 e. The van der Waals surface area contributed by atoms with Crippen molar-refractivity contribution in [1.29, 1.82) is 0 Å². The first-order valence-electron chi connectivity index (χ1n) is 6.44. The first-order valence-corrected chi connectivity index (χ1v) is 7.23. The van der Waals surface area contributed by atoms with Gasteiger partial charge in [0, 0.05) is 22.3 Å². The summed E-state index contributed by atoms with van der Waals surface area (Å²) in [5, 5.41) is 12.3. The molecule has 4 nitrogen and oxygen atoms in total. The molecular weight excluding hydrogens is 330 g/mol. The molecule has 0 saturated carbocycles. The molecule has 2 aromatic carbocycles. The van der Waals surface area contributed by atoms with E-state index in [0.29, 0.717) is 11.4 Å². The lowest BCUT2D eigenvalue weighted by atomic mass is 10.1. The topological polar surface area (TPSA) is 54.9 Å². The van der Waals surface area contributed by atoms with Crippen LogP contribution in [0.2, 0.25) is 0 Å². The van der Waals surface area contributed by atoms with E-state index < -0.39 is 0 Å². The Bertz CT molecular complexity index is 818. The fourth-order valence-corrected chi connectivity index (χ4v) is 2.54. The van der Waals surface area contributed by atoms with Crippen molar-refractivity contribution >= 4 is 38.4 Å². The van der Waals surface area contributed by atoms with Gasteiger partial charge in [-0.1, -0.05) is 46.3 Å². The number of carbonyl (C=O) groups excluding carboxylic acids is 1. The molecule has 5 heteroatoms. The number of rotatable bonds is 2. The van der Waals surface area contributed by atoms with Crippen LogP contribution in [0.15, 0.2) is 53.0 Å². The number of hydrogen-bond acceptors (Lipinski definition) is 3. The molecule has 0 aliphatic carbocycles. The van der Waals surface area contributed by atoms with Crippen LogP contribution in [0.4, 0.5) is 5.69 Å². The van der Waals surface area contributed by atoms with E-state index in [4.69, 9.17) is 0 Å². The summed E-state index contributed by atoms with van der Waals surface area (Å²) >= 11 is 3.45. The molecule has 0 fully saturated rings. The number of benzene rings is 2. The van der Waals surface area contributed by atoms with Gasteiger partial charge in [0.2, 0.25) is 5.91 Å². The SMILES string of the molecule is CC(=O)Nc1c(-c2ccccc2)nnc2ccc(Br)cc12. The molecule has 0 atom stereocenters. The predicted octanol–water partition coefficient (Wildman–Crippen LogP) is 4.02. The Morgan fingerprint density at radius 2 is 1.86 bits per heavy atom. The van der Waals surface area contributed by atoms with Crippen LogP contribution in [-0.4, -0.2) is 16.1 Å². The predicted molar refractivity (Wildman–Crippen MR) is 87.0 cm³/mol. The summed E-state index contributed by atoms with van der Waals surface area (Å²) in [6, 6.07) is 15.4. The summed E-state index contributed by atoms with van der Waals surface area (Å²) < 4.78 is 0.925. The molecule has 0 bridgehead atoms. The van der Waals surface area contributed by atoms with Crippen molar-refractivity contribution in [3.05, 3.63) is 53.0 Å². The molecule has 0 unspecified atom stereocenters. The van der Waals surface area contributed by atoms with E-state index in [1.165, 1.54) is 6.92 Å². The van der Waals surface area contributed by atoms with Crippen LogP contribution >= 0.6 is 15.9 Å². The average molecular weight is 342 g/mol. The molecule has 21 heavy (non-hydrogen) atoms. The quantitative estimate of drug-likeness (QED) is 0.765. The highest BCUT2D eigenvalue weighted by atomic mass is 79.9. The molecule has 1 amide bonds. The molecule has 3 rings (SSSR count). The van der Waals surface area contributed by atoms with Gasteiger partial charge in [-0.05, 0) is 18.2 Å². The third kappa shape index (κ3) is 2.78. The minimum absolute atomic E-state index is 0.138. The fourth-order valence-electron chi connectivity index (χ4n) is 2.18. The van der Waals surface area contributed by atoms with Gasteiger partial charge in [-0.2, -0.15) is 0 Å². The second-order valence-corrected chi connectivity index (χ2v) is 5.55. The van der Waals surface area contributed by atoms with E-state index in [9.17, 15) is 4.79 Å². The number of carbonyl (C=O) groups is 1. The normalized spacial score (nSPS) is 10.6. The van der Waals surface area contributed by atoms with Crippen LogP contribution in [0.25, 0.3) is 22.2 Å². The van der Waals surface area contributed by atoms with Crippen molar-refractivity contribution in [3.63, 3.8) is 0 Å². The zero-order chi connectivity index (χ0) is 14.8. The zero-order valence-electron chi connectivity index (χ0n) is 11.3. The Kier molecular flexibility index (Phi) is 3.66. The minimum Gasteiger partial charge on any atom is -0.324 e. The second-order valence-electron chi connectivity index (χ2n) is 4.63. The second kappa shape index (κ2) is 5.61. The molecule has 0 aliphatic heterocycles. The third-order valence-corrected chi connectivity index (χ3v) is 3.56. The summed E-state index contributed by atoms with van der Waals surface area (Å²) in [5.74, 6) is -0.138. The number of hydrogen-bond donors (Lipinski definition) is 1. The highest BCUT2D eigenvalue weighted by Gasteiger charge is 2.13. The number of aromatic nitrogens is 2. The summed E-state index contributed by atoms with van der Waals surface area (Å²) in [6.07, 6.45) is 0. The van der Waals surface area contributed by atoms with E-state index in [-0.39, 0.29) is 5.91 Å². The Hall–Kier alpha value is -2.27. The monoisotopic (exact) mass is 341 g/mol. The molecular formula is C16H12BrN3O. The van der Waals surface area contributed by atoms with Crippen molar-refractivity contribution < 1.29 is 4.79 Å². The lowest BCUT2D eigenvalue weighted by Gasteiger charge is -2.12. The molecule has 3 aromatic rings. The van der Waals surface area contributed by atoms with Crippen LogP contribution in [-0.2, 0) is 4.79 Å². The van der Waals surface area contributed by atoms with Gasteiger partial charge in [0.15, 0.2) is 0 Å². The van der Waals surface area contributed by atoms with Gasteiger partial charge in [-0.3, -0.25) is 4.79 Å². The van der Waals surface area contributed by atoms with Gasteiger partial charge in [-0.15, -0.1) is 10.2 Å². The smallest absolute Gasteiger partial charge is 0.221 e. The first-order chi connectivity index (χ1) is 10.1. The Morgan fingerprint density at radius 1 is 1.10 bits per heavy atom. The lowest BCUT2D eigenvalue weighted by Crippen LogP contribution is -2.09. The van der Waals surface area contributed by atoms with Crippen LogP contribution in [0, 0.1) is 0 Å². The Morgan fingerprint density at radius 3 is 2.57 bits per heavy atom. The number of fused-ring (bicyclic) bond motifs is 1. The van der Waals surface area contributed by atoms with Crippen molar-refractivity contribution in [3.8, 4) is 11.3 Å². The summed E-state index contributed by atoms with van der Waals surface area (Å²) in [6.45, 7) is 1.49. The number of nitrogens with one attached hydrogen (secondary N) is 1. The van der Waals surface area contributed by atoms with Crippen LogP contribution < -0.4 is 5.32 Å². The number of nitrogens with zero attached hydrogens (tertiary/aromatic N) is 2. The number of amides is 1. The lowest BCUT2D eigenvalue weighted by molar-refractivity contribution is -0.114. The average Bonchev–Trinajstić information content (AvgIpc) is 2.48. The summed E-state index contributed by atoms with van der Waals surface area (Å²) in [5.41, 5.74) is 2.99. The molecule has 0 aliphatic rings. The van der Waals surface area contributed by atoms with Crippen molar-refractivity contribution in [2.45, 2.75) is 6.92 Å². The minimum atomic E-state index is -0.138. The van der Waals surface area contributed by atoms with Gasteiger partial charge >= 0.3 is 0 Å². The van der Waals surface area contributed by atoms with Gasteiger partial charge < -0.3 is 5.32 Å². The van der Waals surface area contributed by atoms with Gasteiger partial charge in [0.05, 0.1) is 11.2 Å². The van der Waals surface area contributed by atoms with Crippen molar-refractivity contribution in [2.24, 2.45) is 0 Å². The van der Waals surface area contributed by atoms with Gasteiger partial charge in [0.25, 0.3) is 0 Å². The molecule has 1 heterocycles. The largest absolute Gasteiger partial charge is 0.324 e. The Balaban J connectivity index is 2.31. The van der Waals surface area contributed by atoms with E-state index in [0.717, 1.165) is 20.9 Å². The maximum absolute atomic E-state index is 11.6. The van der Waals surface area contributed by atoms with Crippen molar-refractivity contribution in [2.75, 3.05) is 5.32 Å². The standard InChI is InChI=1S/C16H12BrN3O/c1-10(21)18-16-13-9-12(17)7-8-14(13)19-20-15(16)11-5-3-2-4-6-11/h2-9H,1H3,(H,18,19,21). The molecule has 0 saturated heterocycles. The first kappa shape index (κ1) is 13.7. The highest BCUT2D eigenvalue weighted by molar-refractivity contribution is 9.10. The van der Waals surface area contributed by atoms with E-state index >= 15 is 0 Å². The third-order valence-electron chi connectivity index (χ3n) is 3.07. The fraction of sp³-hybridized carbons (Fsp3) is 0.0625. The molecule has 104 valence electrons. The number of anilines is 1. The highest BCUT2D eigenvalue weighted by Crippen LogP contribution is 2.33. The van der Waals surface area contributed by atoms with E-state index in [2.05, 4.69) is 31.4 Å². The Labute approximate surface area is 130 Å². The van der Waals surface area contributed by atoms with Crippen LogP contribution in [0.3, 0.4) is 0 Å².